The van der Waals surface area contributed by atoms with Crippen LogP contribution in [0.5, 0.6) is 0 Å². The Labute approximate surface area is 340 Å². The molecular formula is C29H27ClN8O16S5. The lowest BCUT2D eigenvalue weighted by Crippen LogP contribution is -2.15. The third-order valence-electron chi connectivity index (χ3n) is 7.33. The predicted molar refractivity (Wildman–Crippen MR) is 210 cm³/mol. The highest BCUT2D eigenvalue weighted by atomic mass is 35.5. The summed E-state index contributed by atoms with van der Waals surface area (Å²) in [4.78, 5) is 21.3. The van der Waals surface area contributed by atoms with Crippen LogP contribution in [0.4, 0.5) is 40.3 Å². The summed E-state index contributed by atoms with van der Waals surface area (Å²) in [5, 5.41) is 14.8. The number of nitrogens with one attached hydrogen (secondary N) is 3. The summed E-state index contributed by atoms with van der Waals surface area (Å²) in [5.41, 5.74) is -0.374. The SMILES string of the molecule is CC(=O)Nc1cc(Nc2nc(Cl)nc(Nc3ccc(S(=O)(=O)CCOS(=O)(=O)O)cc3)n2)ccc1N=Nc1cc2c(S(=O)(=O)O)cc(S(O)(O)O)cc2cc1S(=O)(=O)O. The minimum absolute atomic E-state index is 0.0463. The number of fused-ring (bicyclic) bond motifs is 1. The fraction of sp³-hybridized carbons (Fsp3) is 0.103. The number of hydrogen-bond donors (Lipinski definition) is 9. The molecule has 0 aliphatic carbocycles. The van der Waals surface area contributed by atoms with Crippen molar-refractivity contribution in [2.45, 2.75) is 26.5 Å². The van der Waals surface area contributed by atoms with Crippen LogP contribution in [0.2, 0.25) is 5.28 Å². The summed E-state index contributed by atoms with van der Waals surface area (Å²) in [6.07, 6.45) is 0. The Morgan fingerprint density at radius 1 is 0.695 bits per heavy atom. The van der Waals surface area contributed by atoms with Crippen molar-refractivity contribution in [2.24, 2.45) is 10.2 Å². The van der Waals surface area contributed by atoms with Gasteiger partial charge in [-0.05, 0) is 83.7 Å². The molecular weight excluding hydrogens is 912 g/mol. The molecule has 0 saturated heterocycles. The van der Waals surface area contributed by atoms with E-state index in [4.69, 9.17) is 16.2 Å². The Morgan fingerprint density at radius 3 is 1.83 bits per heavy atom. The number of aromatic nitrogens is 3. The highest BCUT2D eigenvalue weighted by molar-refractivity contribution is 8.19. The molecule has 59 heavy (non-hydrogen) atoms. The Balaban J connectivity index is 1.44. The zero-order valence-electron chi connectivity index (χ0n) is 29.2. The predicted octanol–water partition coefficient (Wildman–Crippen LogP) is 5.21. The molecule has 5 aromatic rings. The quantitative estimate of drug-likeness (QED) is 0.0480. The van der Waals surface area contributed by atoms with Gasteiger partial charge in [-0.25, -0.2) is 12.6 Å². The molecule has 1 aromatic heterocycles. The maximum atomic E-state index is 12.5. The molecule has 1 heterocycles. The van der Waals surface area contributed by atoms with E-state index in [0.29, 0.717) is 12.1 Å². The average Bonchev–Trinajstić information content (AvgIpc) is 3.08. The second-order valence-electron chi connectivity index (χ2n) is 11.6. The van der Waals surface area contributed by atoms with Gasteiger partial charge in [-0.15, -0.1) is 10.2 Å². The number of benzene rings is 4. The van der Waals surface area contributed by atoms with Crippen molar-refractivity contribution in [3.63, 3.8) is 0 Å². The first-order valence-corrected chi connectivity index (χ1v) is 23.3. The van der Waals surface area contributed by atoms with Crippen molar-refractivity contribution >= 4 is 120 Å². The summed E-state index contributed by atoms with van der Waals surface area (Å²) >= 11 is 6.10. The Kier molecular flexibility index (Phi) is 12.9. The van der Waals surface area contributed by atoms with Crippen molar-refractivity contribution in [1.82, 2.24) is 15.0 Å². The molecule has 1 amide bonds. The van der Waals surface area contributed by atoms with Crippen LogP contribution >= 0.6 is 22.5 Å². The number of hydrogen-bond acceptors (Lipinski definition) is 20. The van der Waals surface area contributed by atoms with E-state index >= 15 is 0 Å². The smallest absolute Gasteiger partial charge is 0.324 e. The molecule has 9 N–H and O–H groups in total. The van der Waals surface area contributed by atoms with E-state index in [2.05, 4.69) is 45.3 Å². The topological polar surface area (TPSA) is 384 Å². The summed E-state index contributed by atoms with van der Waals surface area (Å²) in [5.74, 6) is -1.63. The summed E-state index contributed by atoms with van der Waals surface area (Å²) in [7, 11) is -23.7. The van der Waals surface area contributed by atoms with Crippen molar-refractivity contribution in [3.05, 3.63) is 72.0 Å². The van der Waals surface area contributed by atoms with Crippen molar-refractivity contribution in [1.29, 1.82) is 0 Å². The minimum Gasteiger partial charge on any atom is -0.324 e. The van der Waals surface area contributed by atoms with E-state index in [9.17, 15) is 61.2 Å². The molecule has 4 aromatic carbocycles. The molecule has 0 bridgehead atoms. The van der Waals surface area contributed by atoms with Crippen molar-refractivity contribution < 1.29 is 70.0 Å². The molecule has 0 atom stereocenters. The molecule has 0 aliphatic rings. The van der Waals surface area contributed by atoms with Crippen molar-refractivity contribution in [2.75, 3.05) is 28.3 Å². The van der Waals surface area contributed by atoms with Crippen LogP contribution in [-0.2, 0) is 49.5 Å². The summed E-state index contributed by atoms with van der Waals surface area (Å²) in [6.45, 7) is 0.332. The van der Waals surface area contributed by atoms with E-state index in [1.54, 1.807) is 0 Å². The van der Waals surface area contributed by atoms with E-state index in [1.807, 2.05) is 0 Å². The number of nitrogens with zero attached hydrogens (tertiary/aromatic N) is 5. The lowest BCUT2D eigenvalue weighted by Gasteiger charge is -2.20. The molecule has 24 nitrogen and oxygen atoms in total. The van der Waals surface area contributed by atoms with Gasteiger partial charge in [-0.2, -0.15) is 40.2 Å². The van der Waals surface area contributed by atoms with Crippen LogP contribution in [0, 0.1) is 0 Å². The van der Waals surface area contributed by atoms with Gasteiger partial charge in [0.15, 0.2) is 9.84 Å². The lowest BCUT2D eigenvalue weighted by molar-refractivity contribution is -0.114. The van der Waals surface area contributed by atoms with E-state index in [-0.39, 0.29) is 44.8 Å². The first-order valence-electron chi connectivity index (χ1n) is 15.5. The van der Waals surface area contributed by atoms with Gasteiger partial charge < -0.3 is 29.6 Å². The summed E-state index contributed by atoms with van der Waals surface area (Å²) in [6, 6.07) is 11.9. The molecule has 316 valence electrons. The number of carbonyl (C=O) groups is 1. The molecule has 0 unspecified atom stereocenters. The van der Waals surface area contributed by atoms with Crippen LogP contribution in [-0.4, -0.2) is 94.2 Å². The van der Waals surface area contributed by atoms with E-state index in [0.717, 1.165) is 19.1 Å². The molecule has 0 spiro atoms. The average molecular weight is 939 g/mol. The zero-order chi connectivity index (χ0) is 43.7. The highest BCUT2D eigenvalue weighted by Crippen LogP contribution is 2.47. The maximum Gasteiger partial charge on any atom is 0.397 e. The van der Waals surface area contributed by atoms with Gasteiger partial charge in [0, 0.05) is 23.7 Å². The normalized spacial score (nSPS) is 13.1. The van der Waals surface area contributed by atoms with Crippen LogP contribution in [0.25, 0.3) is 10.8 Å². The first-order chi connectivity index (χ1) is 27.2. The number of carbonyl (C=O) groups excluding carboxylic acids is 1. The number of halogens is 1. The second-order valence-corrected chi connectivity index (χ2v) is 19.5. The molecule has 0 radical (unpaired) electrons. The maximum absolute atomic E-state index is 12.5. The Bertz CT molecular complexity index is 2970. The number of anilines is 5. The molecule has 0 fully saturated rings. The van der Waals surface area contributed by atoms with Gasteiger partial charge in [0.25, 0.3) is 20.2 Å². The minimum atomic E-state index is -5.16. The van der Waals surface area contributed by atoms with Gasteiger partial charge in [0.1, 0.15) is 32.0 Å². The van der Waals surface area contributed by atoms with Crippen molar-refractivity contribution in [3.8, 4) is 0 Å². The number of sulfone groups is 1. The third-order valence-corrected chi connectivity index (χ3v) is 12.3. The van der Waals surface area contributed by atoms with E-state index < -0.39 is 101 Å². The van der Waals surface area contributed by atoms with E-state index in [1.165, 1.54) is 42.5 Å². The monoisotopic (exact) mass is 938 g/mol. The number of rotatable bonds is 15. The Morgan fingerprint density at radius 2 is 1.27 bits per heavy atom. The van der Waals surface area contributed by atoms with Crippen LogP contribution < -0.4 is 16.0 Å². The number of amides is 1. The third kappa shape index (κ3) is 12.0. The molecule has 30 heteroatoms. The fourth-order valence-electron chi connectivity index (χ4n) is 4.91. The molecule has 5 rings (SSSR count). The van der Waals surface area contributed by atoms with Gasteiger partial charge in [0.2, 0.25) is 23.1 Å². The van der Waals surface area contributed by atoms with Gasteiger partial charge >= 0.3 is 10.4 Å². The summed E-state index contributed by atoms with van der Waals surface area (Å²) < 4.78 is 157. The standard InChI is InChI=1S/C29H27ClN8O16S5/c1-15(39)31-23-12-18(33-29-35-27(30)34-28(36-29)32-17-2-5-19(6-3-17)55(40,41)9-8-54-59(51,52)53)4-7-22(23)37-38-24-14-21-16(11-26(24)58(48,49)50)10-20(56(42,43)44)13-25(21)57(45,46)47/h2-7,10-14,42-44H,8-9H2,1H3,(H,31,39)(H,45,46,47)(H,48,49,50)(H,51,52,53)(H2,32,33,34,35,36). The molecule has 0 saturated carbocycles. The molecule has 0 aliphatic heterocycles. The van der Waals surface area contributed by atoms with Gasteiger partial charge in [-0.1, -0.05) is 0 Å². The largest absolute Gasteiger partial charge is 0.397 e. The lowest BCUT2D eigenvalue weighted by atomic mass is 10.1. The first kappa shape index (κ1) is 45.1. The van der Waals surface area contributed by atoms with Crippen LogP contribution in [0.15, 0.2) is 96.5 Å². The Hall–Kier alpha value is -5.02. The van der Waals surface area contributed by atoms with Crippen LogP contribution in [0.3, 0.4) is 0 Å². The fourth-order valence-corrected chi connectivity index (χ4v) is 8.56. The number of azo groups is 1. The van der Waals surface area contributed by atoms with Gasteiger partial charge in [-0.3, -0.25) is 18.5 Å². The second kappa shape index (κ2) is 16.9. The highest BCUT2D eigenvalue weighted by Gasteiger charge is 2.26. The van der Waals surface area contributed by atoms with Gasteiger partial charge in [0.05, 0.1) is 27.8 Å². The van der Waals surface area contributed by atoms with Crippen LogP contribution in [0.1, 0.15) is 6.92 Å². The zero-order valence-corrected chi connectivity index (χ0v) is 34.0.